The molecule has 0 aliphatic heterocycles. The molecule has 0 N–H and O–H groups in total. The molecule has 0 amide bonds. The van der Waals surface area contributed by atoms with E-state index in [4.69, 9.17) is 0 Å². The van der Waals surface area contributed by atoms with Gasteiger partial charge < -0.3 is 9.13 Å². The van der Waals surface area contributed by atoms with Crippen molar-refractivity contribution >= 4 is 43.6 Å². The van der Waals surface area contributed by atoms with Gasteiger partial charge >= 0.3 is 6.18 Å². The molecule has 0 saturated carbocycles. The molecule has 0 bridgehead atoms. The monoisotopic (exact) mass is 757 g/mol. The Bertz CT molecular complexity index is 3320. The van der Waals surface area contributed by atoms with Gasteiger partial charge in [-0.15, -0.1) is 0 Å². The molecule has 0 saturated heterocycles. The van der Waals surface area contributed by atoms with Gasteiger partial charge in [0.15, 0.2) is 0 Å². The lowest BCUT2D eigenvalue weighted by molar-refractivity contribution is -0.137. The topological polar surface area (TPSA) is 33.6 Å². The van der Waals surface area contributed by atoms with E-state index in [2.05, 4.69) is 42.5 Å². The number of nitriles is 1. The Labute approximate surface area is 333 Å². The van der Waals surface area contributed by atoms with Crippen LogP contribution in [0.3, 0.4) is 0 Å². The molecule has 6 heteroatoms. The van der Waals surface area contributed by atoms with Crippen LogP contribution < -0.4 is 0 Å². The van der Waals surface area contributed by atoms with Crippen molar-refractivity contribution in [3.8, 4) is 50.8 Å². The lowest BCUT2D eigenvalue weighted by Gasteiger charge is -2.24. The van der Waals surface area contributed by atoms with Gasteiger partial charge in [-0.1, -0.05) is 126 Å². The fourth-order valence-corrected chi connectivity index (χ4v) is 8.72. The highest BCUT2D eigenvalue weighted by atomic mass is 19.4. The van der Waals surface area contributed by atoms with Crippen LogP contribution in [-0.2, 0) is 6.18 Å². The number of alkyl halides is 3. The minimum Gasteiger partial charge on any atom is -0.309 e. The van der Waals surface area contributed by atoms with Crippen molar-refractivity contribution in [2.45, 2.75) is 20.0 Å². The smallest absolute Gasteiger partial charge is 0.309 e. The van der Waals surface area contributed by atoms with Gasteiger partial charge in [-0.25, -0.2) is 0 Å². The summed E-state index contributed by atoms with van der Waals surface area (Å²) in [5.74, 6) is 0. The Balaban J connectivity index is 1.33. The SMILES string of the molecule is Cc1cccc(-c2ccc3c(c2)c2ccccc2n3-c2ccc(-c3cccc(C#N)c3)c(-n3c4ccccc4c4cc(-c5cccc(C)c5)ccc43)c2C(F)(F)F)c1. The predicted molar refractivity (Wildman–Crippen MR) is 231 cm³/mol. The van der Waals surface area contributed by atoms with Crippen molar-refractivity contribution in [2.24, 2.45) is 0 Å². The summed E-state index contributed by atoms with van der Waals surface area (Å²) >= 11 is 0. The van der Waals surface area contributed by atoms with E-state index < -0.39 is 11.7 Å². The van der Waals surface area contributed by atoms with Gasteiger partial charge in [0.2, 0.25) is 0 Å². The zero-order valence-corrected chi connectivity index (χ0v) is 31.6. The fraction of sp³-hybridized carbons (Fsp3) is 0.0577. The first kappa shape index (κ1) is 35.1. The minimum atomic E-state index is -4.81. The van der Waals surface area contributed by atoms with Crippen molar-refractivity contribution in [3.05, 3.63) is 192 Å². The molecule has 0 spiro atoms. The molecule has 3 nitrogen and oxygen atoms in total. The Morgan fingerprint density at radius 3 is 1.52 bits per heavy atom. The van der Waals surface area contributed by atoms with Crippen LogP contribution in [0.1, 0.15) is 22.3 Å². The molecule has 10 rings (SSSR count). The van der Waals surface area contributed by atoms with Crippen molar-refractivity contribution in [1.82, 2.24) is 9.13 Å². The van der Waals surface area contributed by atoms with Crippen LogP contribution in [-0.4, -0.2) is 9.13 Å². The molecule has 2 heterocycles. The van der Waals surface area contributed by atoms with Gasteiger partial charge in [0.1, 0.15) is 5.56 Å². The molecule has 0 unspecified atom stereocenters. The fourth-order valence-electron chi connectivity index (χ4n) is 8.72. The summed E-state index contributed by atoms with van der Waals surface area (Å²) in [6.45, 7) is 4.09. The first-order chi connectivity index (χ1) is 28.2. The number of hydrogen-bond donors (Lipinski definition) is 0. The number of halogens is 3. The highest BCUT2D eigenvalue weighted by molar-refractivity contribution is 6.13. The van der Waals surface area contributed by atoms with E-state index in [-0.39, 0.29) is 11.4 Å². The maximum atomic E-state index is 16.5. The third kappa shape index (κ3) is 5.66. The lowest BCUT2D eigenvalue weighted by Crippen LogP contribution is -2.16. The van der Waals surface area contributed by atoms with Crippen molar-refractivity contribution in [1.29, 1.82) is 5.26 Å². The molecule has 0 radical (unpaired) electrons. The number of aromatic nitrogens is 2. The summed E-state index contributed by atoms with van der Waals surface area (Å²) in [4.78, 5) is 0. The molecule has 8 aromatic carbocycles. The molecule has 10 aromatic rings. The van der Waals surface area contributed by atoms with Crippen LogP contribution in [0, 0.1) is 25.2 Å². The average Bonchev–Trinajstić information content (AvgIpc) is 3.75. The van der Waals surface area contributed by atoms with Gasteiger partial charge in [0.05, 0.1) is 45.1 Å². The third-order valence-electron chi connectivity index (χ3n) is 11.3. The number of rotatable bonds is 5. The number of aryl methyl sites for hydroxylation is 2. The van der Waals surface area contributed by atoms with E-state index >= 15 is 13.2 Å². The molecule has 0 atom stereocenters. The maximum Gasteiger partial charge on any atom is 0.420 e. The summed E-state index contributed by atoms with van der Waals surface area (Å²) in [5.41, 5.74) is 9.36. The summed E-state index contributed by atoms with van der Waals surface area (Å²) in [6, 6.07) is 56.1. The standard InChI is InChI=1S/C52H34F3N3/c1-32-10-7-13-35(26-32)37-20-23-47-43(29-37)41-16-3-5-18-45(41)57(47)49-25-22-40(39-15-9-12-34(28-39)31-56)51(50(49)52(53,54)55)58-46-19-6-4-17-42(46)44-30-38(21-24-48(44)58)36-14-8-11-33(2)27-36/h3-30H,1-2H3. The molecular weight excluding hydrogens is 724 g/mol. The third-order valence-corrected chi connectivity index (χ3v) is 11.3. The van der Waals surface area contributed by atoms with Crippen LogP contribution in [0.5, 0.6) is 0 Å². The second-order valence-corrected chi connectivity index (χ2v) is 15.0. The molecule has 58 heavy (non-hydrogen) atoms. The molecular formula is C52H34F3N3. The van der Waals surface area contributed by atoms with Crippen molar-refractivity contribution in [2.75, 3.05) is 0 Å². The second kappa shape index (κ2) is 13.4. The molecule has 278 valence electrons. The van der Waals surface area contributed by atoms with Gasteiger partial charge in [0.25, 0.3) is 0 Å². The maximum absolute atomic E-state index is 16.5. The first-order valence-corrected chi connectivity index (χ1v) is 19.1. The quantitative estimate of drug-likeness (QED) is 0.172. The Morgan fingerprint density at radius 2 is 0.948 bits per heavy atom. The molecule has 0 fully saturated rings. The van der Waals surface area contributed by atoms with Crippen LogP contribution in [0.4, 0.5) is 13.2 Å². The number of hydrogen-bond acceptors (Lipinski definition) is 1. The van der Waals surface area contributed by atoms with E-state index in [0.717, 1.165) is 54.9 Å². The lowest BCUT2D eigenvalue weighted by atomic mass is 9.96. The summed E-state index contributed by atoms with van der Waals surface area (Å²) < 4.78 is 53.0. The van der Waals surface area contributed by atoms with Gasteiger partial charge in [0, 0.05) is 27.1 Å². The number of para-hydroxylation sites is 2. The predicted octanol–water partition coefficient (Wildman–Crippen LogP) is 14.4. The summed E-state index contributed by atoms with van der Waals surface area (Å²) in [7, 11) is 0. The van der Waals surface area contributed by atoms with Crippen LogP contribution in [0.25, 0.3) is 88.4 Å². The zero-order chi connectivity index (χ0) is 39.7. The van der Waals surface area contributed by atoms with Crippen molar-refractivity contribution in [3.63, 3.8) is 0 Å². The number of nitrogens with zero attached hydrogens (tertiary/aromatic N) is 3. The Kier molecular flexibility index (Phi) is 8.10. The van der Waals surface area contributed by atoms with Crippen molar-refractivity contribution < 1.29 is 13.2 Å². The minimum absolute atomic E-state index is 0.00286. The Hall–Kier alpha value is -7.36. The zero-order valence-electron chi connectivity index (χ0n) is 31.6. The number of benzene rings is 8. The van der Waals surface area contributed by atoms with E-state index in [1.54, 1.807) is 45.5 Å². The normalized spacial score (nSPS) is 11.9. The highest BCUT2D eigenvalue weighted by Crippen LogP contribution is 2.48. The molecule has 0 aliphatic rings. The summed E-state index contributed by atoms with van der Waals surface area (Å²) in [6.07, 6.45) is -4.81. The summed E-state index contributed by atoms with van der Waals surface area (Å²) in [5, 5.41) is 13.3. The molecule has 0 aliphatic carbocycles. The van der Waals surface area contributed by atoms with Gasteiger partial charge in [-0.3, -0.25) is 0 Å². The average molecular weight is 758 g/mol. The van der Waals surface area contributed by atoms with E-state index in [1.165, 1.54) is 0 Å². The Morgan fingerprint density at radius 1 is 0.448 bits per heavy atom. The van der Waals surface area contributed by atoms with Gasteiger partial charge in [-0.05, 0) is 96.3 Å². The highest BCUT2D eigenvalue weighted by Gasteiger charge is 2.40. The second-order valence-electron chi connectivity index (χ2n) is 15.0. The van der Waals surface area contributed by atoms with Gasteiger partial charge in [-0.2, -0.15) is 18.4 Å². The largest absolute Gasteiger partial charge is 0.420 e. The van der Waals surface area contributed by atoms with E-state index in [9.17, 15) is 5.26 Å². The first-order valence-electron chi connectivity index (χ1n) is 19.1. The van der Waals surface area contributed by atoms with Crippen LogP contribution in [0.15, 0.2) is 170 Å². The van der Waals surface area contributed by atoms with E-state index in [1.807, 2.05) is 111 Å². The molecule has 2 aromatic heterocycles. The van der Waals surface area contributed by atoms with Crippen LogP contribution >= 0.6 is 0 Å². The van der Waals surface area contributed by atoms with Crippen LogP contribution in [0.2, 0.25) is 0 Å². The van der Waals surface area contributed by atoms with E-state index in [0.29, 0.717) is 38.8 Å². The number of fused-ring (bicyclic) bond motifs is 6.